The molecular weight excluding hydrogens is 667 g/mol. The number of para-hydroxylation sites is 1. The molecule has 10 aromatic rings. The summed E-state index contributed by atoms with van der Waals surface area (Å²) in [6.45, 7) is 0. The molecule has 2 heterocycles. The second-order valence-electron chi connectivity index (χ2n) is 13.8. The first-order valence-electron chi connectivity index (χ1n) is 18.7. The Morgan fingerprint density at radius 2 is 0.818 bits per heavy atom. The summed E-state index contributed by atoms with van der Waals surface area (Å²) < 4.78 is 2.24. The first kappa shape index (κ1) is 32.3. The van der Waals surface area contributed by atoms with Gasteiger partial charge in [-0.3, -0.25) is 4.57 Å². The van der Waals surface area contributed by atoms with Gasteiger partial charge in [-0.1, -0.05) is 176 Å². The third-order valence-electron chi connectivity index (χ3n) is 10.5. The lowest BCUT2D eigenvalue weighted by Gasteiger charge is -2.14. The molecule has 0 saturated heterocycles. The predicted octanol–water partition coefficient (Wildman–Crippen LogP) is 13.6. The summed E-state index contributed by atoms with van der Waals surface area (Å²) in [7, 11) is 0. The van der Waals surface area contributed by atoms with Gasteiger partial charge in [0.25, 0.3) is 0 Å². The zero-order valence-electron chi connectivity index (χ0n) is 30.0. The minimum absolute atomic E-state index is 0.637. The zero-order chi connectivity index (χ0) is 36.6. The molecule has 0 N–H and O–H groups in total. The second kappa shape index (κ2) is 13.9. The first-order valence-corrected chi connectivity index (χ1v) is 18.7. The van der Waals surface area contributed by atoms with E-state index in [1.54, 1.807) is 0 Å². The Morgan fingerprint density at radius 3 is 1.45 bits per heavy atom. The number of rotatable bonds is 7. The van der Waals surface area contributed by atoms with Crippen molar-refractivity contribution in [3.05, 3.63) is 212 Å². The van der Waals surface area contributed by atoms with Crippen molar-refractivity contribution in [2.45, 2.75) is 0 Å². The molecule has 0 fully saturated rings. The van der Waals surface area contributed by atoms with Gasteiger partial charge in [0.05, 0.1) is 16.7 Å². The number of nitrogens with zero attached hydrogens (tertiary/aromatic N) is 3. The number of hydrogen-bond donors (Lipinski definition) is 0. The predicted molar refractivity (Wildman–Crippen MR) is 229 cm³/mol. The summed E-state index contributed by atoms with van der Waals surface area (Å²) in [6.07, 6.45) is 1.88. The van der Waals surface area contributed by atoms with E-state index >= 15 is 0 Å². The number of aromatic nitrogens is 3. The molecule has 3 heteroatoms. The van der Waals surface area contributed by atoms with Crippen LogP contribution in [0.5, 0.6) is 0 Å². The van der Waals surface area contributed by atoms with Crippen LogP contribution in [0.2, 0.25) is 0 Å². The minimum Gasteiger partial charge on any atom is -0.277 e. The highest BCUT2D eigenvalue weighted by Crippen LogP contribution is 2.41. The van der Waals surface area contributed by atoms with Crippen molar-refractivity contribution in [3.8, 4) is 72.8 Å². The van der Waals surface area contributed by atoms with Gasteiger partial charge in [0.1, 0.15) is 0 Å². The lowest BCUT2D eigenvalue weighted by molar-refractivity contribution is 0.992. The van der Waals surface area contributed by atoms with Crippen molar-refractivity contribution >= 4 is 21.8 Å². The van der Waals surface area contributed by atoms with Crippen molar-refractivity contribution in [2.24, 2.45) is 0 Å². The molecule has 0 unspecified atom stereocenters. The molecule has 0 amide bonds. The normalized spacial score (nSPS) is 11.3. The summed E-state index contributed by atoms with van der Waals surface area (Å²) in [6, 6.07) is 73.2. The van der Waals surface area contributed by atoms with Gasteiger partial charge in [0, 0.05) is 28.1 Å². The molecular formula is C52H35N3. The van der Waals surface area contributed by atoms with Crippen molar-refractivity contribution in [1.82, 2.24) is 14.5 Å². The van der Waals surface area contributed by atoms with Crippen LogP contribution >= 0.6 is 0 Å². The summed E-state index contributed by atoms with van der Waals surface area (Å²) in [5.41, 5.74) is 15.8. The van der Waals surface area contributed by atoms with Crippen molar-refractivity contribution in [2.75, 3.05) is 0 Å². The van der Waals surface area contributed by atoms with Crippen LogP contribution in [0.15, 0.2) is 212 Å². The van der Waals surface area contributed by atoms with E-state index < -0.39 is 0 Å². The average Bonchev–Trinajstić information content (AvgIpc) is 3.61. The average molecular weight is 702 g/mol. The van der Waals surface area contributed by atoms with E-state index in [4.69, 9.17) is 9.97 Å². The fourth-order valence-corrected chi connectivity index (χ4v) is 7.76. The molecule has 8 aromatic carbocycles. The molecule has 0 bridgehead atoms. The Labute approximate surface area is 320 Å². The first-order chi connectivity index (χ1) is 27.3. The Morgan fingerprint density at radius 1 is 0.327 bits per heavy atom. The minimum atomic E-state index is 0.637. The Hall–Kier alpha value is -7.36. The molecule has 2 aromatic heterocycles. The van der Waals surface area contributed by atoms with Crippen LogP contribution in [-0.2, 0) is 0 Å². The van der Waals surface area contributed by atoms with E-state index in [-0.39, 0.29) is 0 Å². The van der Waals surface area contributed by atoms with Crippen molar-refractivity contribution in [1.29, 1.82) is 0 Å². The molecule has 258 valence electrons. The maximum absolute atomic E-state index is 5.28. The third-order valence-corrected chi connectivity index (χ3v) is 10.5. The molecule has 0 aliphatic heterocycles. The lowest BCUT2D eigenvalue weighted by Crippen LogP contribution is -2.02. The van der Waals surface area contributed by atoms with Gasteiger partial charge in [-0.2, -0.15) is 0 Å². The highest BCUT2D eigenvalue weighted by atomic mass is 15.2. The third kappa shape index (κ3) is 6.08. The maximum atomic E-state index is 5.28. The fourth-order valence-electron chi connectivity index (χ4n) is 7.76. The highest BCUT2D eigenvalue weighted by Gasteiger charge is 2.20. The molecule has 0 radical (unpaired) electrons. The number of hydrogen-bond acceptors (Lipinski definition) is 2. The van der Waals surface area contributed by atoms with Crippen LogP contribution < -0.4 is 0 Å². The monoisotopic (exact) mass is 701 g/mol. The molecule has 10 rings (SSSR count). The molecule has 0 saturated carbocycles. The second-order valence-corrected chi connectivity index (χ2v) is 13.8. The number of fused-ring (bicyclic) bond motifs is 3. The van der Waals surface area contributed by atoms with E-state index in [0.29, 0.717) is 5.95 Å². The van der Waals surface area contributed by atoms with Crippen LogP contribution in [0.3, 0.4) is 0 Å². The smallest absolute Gasteiger partial charge is 0.235 e. The van der Waals surface area contributed by atoms with Gasteiger partial charge in [0.2, 0.25) is 5.95 Å². The van der Waals surface area contributed by atoms with Crippen LogP contribution in [0, 0.1) is 0 Å². The fraction of sp³-hybridized carbons (Fsp3) is 0. The Kier molecular flexibility index (Phi) is 8.16. The summed E-state index contributed by atoms with van der Waals surface area (Å²) in [5.74, 6) is 0.637. The van der Waals surface area contributed by atoms with Gasteiger partial charge in [0.15, 0.2) is 0 Å². The standard InChI is InChI=1S/C52H35N3/c1-4-13-36(14-5-1)38-23-27-40(28-24-38)43-19-12-20-44(33-43)49-31-32-53-52(54-49)55-50-22-11-10-21-46(50)48-35-45(34-47(51(48)55)42-17-8-3-9-18-42)41-29-25-39(26-30-41)37-15-6-2-7-16-37/h1-35H. The van der Waals surface area contributed by atoms with Crippen LogP contribution in [0.4, 0.5) is 0 Å². The van der Waals surface area contributed by atoms with Crippen molar-refractivity contribution in [3.63, 3.8) is 0 Å². The number of benzene rings is 8. The van der Waals surface area contributed by atoms with Crippen LogP contribution in [0.1, 0.15) is 0 Å². The SMILES string of the molecule is c1ccc(-c2ccc(-c3cccc(-c4ccnc(-n5c6ccccc6c6cc(-c7ccc(-c8ccccc8)cc7)cc(-c7ccccc7)c65)n4)c3)cc2)cc1. The van der Waals surface area contributed by atoms with Crippen LogP contribution in [-0.4, -0.2) is 14.5 Å². The van der Waals surface area contributed by atoms with E-state index in [1.807, 2.05) is 18.3 Å². The molecule has 0 spiro atoms. The molecule has 3 nitrogen and oxygen atoms in total. The largest absolute Gasteiger partial charge is 0.277 e. The Bertz CT molecular complexity index is 2930. The molecule has 0 aliphatic carbocycles. The van der Waals surface area contributed by atoms with E-state index in [0.717, 1.165) is 60.9 Å². The lowest BCUT2D eigenvalue weighted by atomic mass is 9.94. The summed E-state index contributed by atoms with van der Waals surface area (Å²) in [4.78, 5) is 10.2. The van der Waals surface area contributed by atoms with Crippen molar-refractivity contribution < 1.29 is 0 Å². The van der Waals surface area contributed by atoms with Gasteiger partial charge >= 0.3 is 0 Å². The summed E-state index contributed by atoms with van der Waals surface area (Å²) in [5, 5.41) is 2.32. The maximum Gasteiger partial charge on any atom is 0.235 e. The zero-order valence-corrected chi connectivity index (χ0v) is 30.0. The van der Waals surface area contributed by atoms with Gasteiger partial charge in [-0.05, 0) is 80.4 Å². The van der Waals surface area contributed by atoms with Crippen LogP contribution in [0.25, 0.3) is 94.6 Å². The van der Waals surface area contributed by atoms with E-state index in [9.17, 15) is 0 Å². The highest BCUT2D eigenvalue weighted by molar-refractivity contribution is 6.15. The molecule has 0 aliphatic rings. The molecule has 55 heavy (non-hydrogen) atoms. The Balaban J connectivity index is 1.10. The van der Waals surface area contributed by atoms with Gasteiger partial charge in [-0.15, -0.1) is 0 Å². The van der Waals surface area contributed by atoms with Gasteiger partial charge in [-0.25, -0.2) is 9.97 Å². The quantitative estimate of drug-likeness (QED) is 0.166. The van der Waals surface area contributed by atoms with E-state index in [1.165, 1.54) is 27.8 Å². The van der Waals surface area contributed by atoms with E-state index in [2.05, 4.69) is 199 Å². The molecule has 0 atom stereocenters. The topological polar surface area (TPSA) is 30.7 Å². The van der Waals surface area contributed by atoms with Gasteiger partial charge < -0.3 is 0 Å². The summed E-state index contributed by atoms with van der Waals surface area (Å²) >= 11 is 0.